The number of hydrogen-bond donors (Lipinski definition) is 2. The molecule has 14 nitrogen and oxygen atoms in total. The van der Waals surface area contributed by atoms with Crippen LogP contribution in [0.3, 0.4) is 0 Å². The van der Waals surface area contributed by atoms with Gasteiger partial charge >= 0.3 is 17.9 Å². The maximum absolute atomic E-state index is 12.7. The fraction of sp³-hybridized carbons (Fsp3) is 0.462. The maximum atomic E-state index is 12.7. The van der Waals surface area contributed by atoms with E-state index in [2.05, 4.69) is 24.7 Å². The average molecular weight is 627 g/mol. The highest BCUT2D eigenvalue weighted by Crippen LogP contribution is 2.18. The molecule has 1 heterocycles. The molecule has 2 rings (SSSR count). The number of anilines is 2. The SMILES string of the molecule is COCCOC(=O)COC(=O)COC(=O)CCSCC(C)C(=O)Nc1ccc(S(=O)(=O)Nc2nc(C)cc(C)n2)cc1. The van der Waals surface area contributed by atoms with Crippen molar-refractivity contribution in [2.75, 3.05) is 55.1 Å². The molecule has 42 heavy (non-hydrogen) atoms. The Morgan fingerprint density at radius 3 is 2.12 bits per heavy atom. The van der Waals surface area contributed by atoms with E-state index in [1.807, 2.05) is 0 Å². The third kappa shape index (κ3) is 12.8. The first-order chi connectivity index (χ1) is 19.9. The Kier molecular flexibility index (Phi) is 14.1. The number of ether oxygens (including phenoxy) is 4. The van der Waals surface area contributed by atoms with Crippen molar-refractivity contribution < 1.29 is 46.5 Å². The van der Waals surface area contributed by atoms with E-state index < -0.39 is 47.1 Å². The summed E-state index contributed by atoms with van der Waals surface area (Å²) in [5, 5.41) is 2.73. The number of carbonyl (C=O) groups is 4. The predicted molar refractivity (Wildman–Crippen MR) is 153 cm³/mol. The molecule has 0 saturated heterocycles. The lowest BCUT2D eigenvalue weighted by molar-refractivity contribution is -0.165. The molecule has 0 aliphatic carbocycles. The number of rotatable bonds is 17. The van der Waals surface area contributed by atoms with Gasteiger partial charge in [0.25, 0.3) is 10.0 Å². The van der Waals surface area contributed by atoms with Crippen molar-refractivity contribution in [1.29, 1.82) is 0 Å². The number of benzene rings is 1. The normalized spacial score (nSPS) is 11.7. The van der Waals surface area contributed by atoms with Gasteiger partial charge < -0.3 is 24.3 Å². The lowest BCUT2D eigenvalue weighted by atomic mass is 10.2. The zero-order chi connectivity index (χ0) is 31.1. The largest absolute Gasteiger partial charge is 0.461 e. The summed E-state index contributed by atoms with van der Waals surface area (Å²) in [4.78, 5) is 55.4. The summed E-state index contributed by atoms with van der Waals surface area (Å²) in [5.41, 5.74) is 1.66. The summed E-state index contributed by atoms with van der Waals surface area (Å²) in [6.45, 7) is 4.19. The summed E-state index contributed by atoms with van der Waals surface area (Å²) in [5.74, 6) is -2.25. The van der Waals surface area contributed by atoms with Crippen molar-refractivity contribution in [3.63, 3.8) is 0 Å². The van der Waals surface area contributed by atoms with Gasteiger partial charge in [0.1, 0.15) is 6.61 Å². The summed E-state index contributed by atoms with van der Waals surface area (Å²) >= 11 is 1.35. The van der Waals surface area contributed by atoms with Gasteiger partial charge in [-0.2, -0.15) is 11.8 Å². The van der Waals surface area contributed by atoms with E-state index in [1.165, 1.54) is 43.1 Å². The minimum absolute atomic E-state index is 0.00246. The number of thioether (sulfide) groups is 1. The van der Waals surface area contributed by atoms with Crippen LogP contribution in [-0.2, 0) is 48.1 Å². The van der Waals surface area contributed by atoms with Crippen LogP contribution < -0.4 is 10.0 Å². The average Bonchev–Trinajstić information content (AvgIpc) is 2.92. The van der Waals surface area contributed by atoms with E-state index in [1.54, 1.807) is 26.8 Å². The van der Waals surface area contributed by atoms with E-state index >= 15 is 0 Å². The number of amides is 1. The molecular weight excluding hydrogens is 592 g/mol. The van der Waals surface area contributed by atoms with Crippen LogP contribution in [0.1, 0.15) is 24.7 Å². The standard InChI is InChI=1S/C26H34N4O10S2/c1-17(16-41-12-9-22(31)39-15-24(33)40-14-23(32)38-11-10-37-4)25(34)29-20-5-7-21(8-6-20)42(35,36)30-26-27-18(2)13-19(3)28-26/h5-8,13,17H,9-12,14-16H2,1-4H3,(H,29,34)(H,27,28,30). The molecule has 2 aromatic rings. The zero-order valence-electron chi connectivity index (χ0n) is 23.7. The molecule has 16 heteroatoms. The first kappa shape index (κ1) is 34.4. The molecular formula is C26H34N4O10S2. The summed E-state index contributed by atoms with van der Waals surface area (Å²) in [6.07, 6.45) is 0.00246. The number of sulfonamides is 1. The summed E-state index contributed by atoms with van der Waals surface area (Å²) in [6, 6.07) is 7.38. The van der Waals surface area contributed by atoms with Crippen LogP contribution in [0.25, 0.3) is 0 Å². The van der Waals surface area contributed by atoms with Crippen LogP contribution in [0.15, 0.2) is 35.2 Å². The Labute approximate surface area is 248 Å². The molecule has 0 radical (unpaired) electrons. The van der Waals surface area contributed by atoms with Crippen molar-refractivity contribution in [1.82, 2.24) is 9.97 Å². The molecule has 1 aromatic heterocycles. The molecule has 1 unspecified atom stereocenters. The van der Waals surface area contributed by atoms with E-state index in [-0.39, 0.29) is 36.4 Å². The molecule has 0 aliphatic heterocycles. The fourth-order valence-corrected chi connectivity index (χ4v) is 5.02. The third-order valence-electron chi connectivity index (χ3n) is 5.16. The van der Waals surface area contributed by atoms with E-state index in [4.69, 9.17) is 14.2 Å². The minimum atomic E-state index is -3.93. The second kappa shape index (κ2) is 17.3. The Balaban J connectivity index is 1.68. The van der Waals surface area contributed by atoms with Gasteiger partial charge in [-0.25, -0.2) is 32.7 Å². The first-order valence-corrected chi connectivity index (χ1v) is 15.3. The molecule has 0 aliphatic rings. The third-order valence-corrected chi connectivity index (χ3v) is 7.73. The van der Waals surface area contributed by atoms with Gasteiger partial charge in [0, 0.05) is 41.6 Å². The highest BCUT2D eigenvalue weighted by molar-refractivity contribution is 7.99. The molecule has 1 amide bonds. The second-order valence-corrected chi connectivity index (χ2v) is 11.7. The van der Waals surface area contributed by atoms with E-state index in [9.17, 15) is 27.6 Å². The Hall–Kier alpha value is -3.76. The number of carbonyl (C=O) groups excluding carboxylic acids is 4. The number of aryl methyl sites for hydroxylation is 2. The van der Waals surface area contributed by atoms with Crippen molar-refractivity contribution in [2.24, 2.45) is 5.92 Å². The second-order valence-electron chi connectivity index (χ2n) is 8.85. The van der Waals surface area contributed by atoms with Gasteiger partial charge in [-0.05, 0) is 44.2 Å². The van der Waals surface area contributed by atoms with Gasteiger partial charge in [-0.15, -0.1) is 0 Å². The van der Waals surface area contributed by atoms with Crippen molar-refractivity contribution in [2.45, 2.75) is 32.1 Å². The molecule has 2 N–H and O–H groups in total. The summed E-state index contributed by atoms with van der Waals surface area (Å²) < 4.78 is 46.6. The minimum Gasteiger partial charge on any atom is -0.461 e. The van der Waals surface area contributed by atoms with E-state index in [0.29, 0.717) is 28.6 Å². The predicted octanol–water partition coefficient (Wildman–Crippen LogP) is 1.87. The van der Waals surface area contributed by atoms with E-state index in [0.717, 1.165) is 0 Å². The Morgan fingerprint density at radius 1 is 0.905 bits per heavy atom. The van der Waals surface area contributed by atoms with Crippen LogP contribution in [0, 0.1) is 19.8 Å². The quantitative estimate of drug-likeness (QED) is 0.147. The van der Waals surface area contributed by atoms with Crippen LogP contribution in [-0.4, -0.2) is 87.2 Å². The van der Waals surface area contributed by atoms with Crippen LogP contribution in [0.4, 0.5) is 11.6 Å². The first-order valence-electron chi connectivity index (χ1n) is 12.7. The topological polar surface area (TPSA) is 189 Å². The summed E-state index contributed by atoms with van der Waals surface area (Å²) in [7, 11) is -2.48. The smallest absolute Gasteiger partial charge is 0.344 e. The Morgan fingerprint density at radius 2 is 1.50 bits per heavy atom. The van der Waals surface area contributed by atoms with Gasteiger partial charge in [-0.1, -0.05) is 6.92 Å². The number of nitrogens with one attached hydrogen (secondary N) is 2. The molecule has 0 fully saturated rings. The zero-order valence-corrected chi connectivity index (χ0v) is 25.3. The molecule has 0 bridgehead atoms. The molecule has 230 valence electrons. The number of esters is 3. The van der Waals surface area contributed by atoms with Crippen LogP contribution >= 0.6 is 11.8 Å². The molecule has 1 aromatic carbocycles. The van der Waals surface area contributed by atoms with Gasteiger partial charge in [0.05, 0.1) is 17.9 Å². The highest BCUT2D eigenvalue weighted by Gasteiger charge is 2.18. The number of nitrogens with zero attached hydrogens (tertiary/aromatic N) is 2. The van der Waals surface area contributed by atoms with Crippen molar-refractivity contribution in [3.05, 3.63) is 41.7 Å². The monoisotopic (exact) mass is 626 g/mol. The number of methoxy groups -OCH3 is 1. The lowest BCUT2D eigenvalue weighted by Gasteiger charge is -2.13. The lowest BCUT2D eigenvalue weighted by Crippen LogP contribution is -2.23. The number of aromatic nitrogens is 2. The van der Waals surface area contributed by atoms with Gasteiger partial charge in [0.15, 0.2) is 13.2 Å². The molecule has 1 atom stereocenters. The molecule has 0 saturated carbocycles. The Bertz CT molecular complexity index is 1320. The molecule has 0 spiro atoms. The maximum Gasteiger partial charge on any atom is 0.344 e. The van der Waals surface area contributed by atoms with Crippen molar-refractivity contribution >= 4 is 57.2 Å². The van der Waals surface area contributed by atoms with Crippen LogP contribution in [0.2, 0.25) is 0 Å². The number of hydrogen-bond acceptors (Lipinski definition) is 13. The van der Waals surface area contributed by atoms with Gasteiger partial charge in [0.2, 0.25) is 11.9 Å². The van der Waals surface area contributed by atoms with Crippen molar-refractivity contribution in [3.8, 4) is 0 Å². The van der Waals surface area contributed by atoms with Crippen LogP contribution in [0.5, 0.6) is 0 Å². The fourth-order valence-electron chi connectivity index (χ4n) is 3.10. The highest BCUT2D eigenvalue weighted by atomic mass is 32.2. The van der Waals surface area contributed by atoms with Gasteiger partial charge in [-0.3, -0.25) is 9.59 Å².